The summed E-state index contributed by atoms with van der Waals surface area (Å²) in [4.78, 5) is 0. The lowest BCUT2D eigenvalue weighted by atomic mass is 9.87. The quantitative estimate of drug-likeness (QED) is 0.874. The van der Waals surface area contributed by atoms with Crippen LogP contribution in [-0.4, -0.2) is 8.42 Å². The summed E-state index contributed by atoms with van der Waals surface area (Å²) < 4.78 is 61.4. The Morgan fingerprint density at radius 2 is 1.81 bits per heavy atom. The van der Waals surface area contributed by atoms with Crippen LogP contribution in [0.5, 0.6) is 0 Å². The first-order valence-corrected chi connectivity index (χ1v) is 7.46. The van der Waals surface area contributed by atoms with Gasteiger partial charge in [-0.2, -0.15) is 13.2 Å². The predicted octanol–water partition coefficient (Wildman–Crippen LogP) is 1.99. The van der Waals surface area contributed by atoms with Gasteiger partial charge in [-0.05, 0) is 24.1 Å². The summed E-state index contributed by atoms with van der Waals surface area (Å²) in [5.41, 5.74) is 4.36. The summed E-state index contributed by atoms with van der Waals surface area (Å²) in [5, 5.41) is 5.22. The van der Waals surface area contributed by atoms with Gasteiger partial charge in [-0.1, -0.05) is 30.4 Å². The monoisotopic (exact) mass is 318 g/mol. The van der Waals surface area contributed by atoms with Gasteiger partial charge < -0.3 is 5.73 Å². The second kappa shape index (κ2) is 4.88. The number of primary sulfonamides is 1. The van der Waals surface area contributed by atoms with Gasteiger partial charge in [0.2, 0.25) is 10.0 Å². The number of alkyl halides is 3. The van der Waals surface area contributed by atoms with Gasteiger partial charge >= 0.3 is 6.18 Å². The highest BCUT2D eigenvalue weighted by Crippen LogP contribution is 2.43. The Labute approximate surface area is 120 Å². The molecule has 0 amide bonds. The molecule has 1 aliphatic carbocycles. The van der Waals surface area contributed by atoms with Crippen LogP contribution in [0.2, 0.25) is 0 Å². The van der Waals surface area contributed by atoms with Gasteiger partial charge in [0.05, 0.1) is 5.56 Å². The predicted molar refractivity (Wildman–Crippen MR) is 72.3 cm³/mol. The van der Waals surface area contributed by atoms with E-state index >= 15 is 0 Å². The maximum absolute atomic E-state index is 13.1. The van der Waals surface area contributed by atoms with Gasteiger partial charge in [-0.15, -0.1) is 0 Å². The molecule has 0 fully saturated rings. The van der Waals surface area contributed by atoms with Crippen molar-refractivity contribution in [1.82, 2.24) is 0 Å². The van der Waals surface area contributed by atoms with Crippen LogP contribution in [0.15, 0.2) is 48.2 Å². The van der Waals surface area contributed by atoms with E-state index < -0.39 is 32.1 Å². The third-order valence-corrected chi connectivity index (χ3v) is 4.92. The Balaban J connectivity index is 2.75. The highest BCUT2D eigenvalue weighted by atomic mass is 32.2. The summed E-state index contributed by atoms with van der Waals surface area (Å²) in [6.45, 7) is 0. The van der Waals surface area contributed by atoms with Crippen molar-refractivity contribution < 1.29 is 21.6 Å². The van der Waals surface area contributed by atoms with Crippen LogP contribution < -0.4 is 10.9 Å². The number of hydrogen-bond acceptors (Lipinski definition) is 3. The molecule has 4 N–H and O–H groups in total. The molecule has 1 atom stereocenters. The maximum Gasteiger partial charge on any atom is 0.416 e. The molecule has 1 unspecified atom stereocenters. The minimum atomic E-state index is -4.69. The van der Waals surface area contributed by atoms with E-state index in [0.717, 1.165) is 18.2 Å². The van der Waals surface area contributed by atoms with Gasteiger partial charge in [0.15, 0.2) is 0 Å². The minimum Gasteiger partial charge on any atom is -0.399 e. The lowest BCUT2D eigenvalue weighted by Gasteiger charge is -2.32. The van der Waals surface area contributed by atoms with Gasteiger partial charge in [0.1, 0.15) is 4.75 Å². The molecule has 0 spiro atoms. The summed E-state index contributed by atoms with van der Waals surface area (Å²) in [6, 6.07) is 4.48. The van der Waals surface area contributed by atoms with Crippen LogP contribution in [0.25, 0.3) is 0 Å². The van der Waals surface area contributed by atoms with Gasteiger partial charge in [0, 0.05) is 5.70 Å². The Morgan fingerprint density at radius 1 is 1.19 bits per heavy atom. The van der Waals surface area contributed by atoms with Crippen molar-refractivity contribution in [2.45, 2.75) is 17.3 Å². The molecule has 8 heteroatoms. The molecule has 0 heterocycles. The largest absolute Gasteiger partial charge is 0.416 e. The second-order valence-electron chi connectivity index (χ2n) is 4.72. The second-order valence-corrected chi connectivity index (χ2v) is 6.54. The van der Waals surface area contributed by atoms with E-state index in [1.807, 2.05) is 0 Å². The fourth-order valence-corrected chi connectivity index (χ4v) is 3.36. The Morgan fingerprint density at radius 3 is 2.29 bits per heavy atom. The summed E-state index contributed by atoms with van der Waals surface area (Å²) in [6.07, 6.45) is -1.23. The van der Waals surface area contributed by atoms with Crippen molar-refractivity contribution in [1.29, 1.82) is 0 Å². The van der Waals surface area contributed by atoms with Crippen LogP contribution >= 0.6 is 0 Å². The number of rotatable bonds is 2. The first-order chi connectivity index (χ1) is 9.58. The standard InChI is InChI=1S/C13H13F3N2O2S/c14-13(15,16)11-4-2-1-3-10(11)12(21(18,19)20)7-5-9(17)6-8-12/h1-7H,8,17H2,(H2,18,19,20). The lowest BCUT2D eigenvalue weighted by Crippen LogP contribution is -2.41. The smallest absolute Gasteiger partial charge is 0.399 e. The molecule has 0 aromatic heterocycles. The third-order valence-electron chi connectivity index (χ3n) is 3.38. The zero-order chi connectivity index (χ0) is 15.9. The molecular formula is C13H13F3N2O2S. The molecule has 114 valence electrons. The number of nitrogens with two attached hydrogens (primary N) is 2. The number of allylic oxidation sites excluding steroid dienone is 2. The van der Waals surface area contributed by atoms with E-state index in [0.29, 0.717) is 0 Å². The van der Waals surface area contributed by atoms with Crippen molar-refractivity contribution in [3.63, 3.8) is 0 Å². The van der Waals surface area contributed by atoms with Crippen molar-refractivity contribution in [3.8, 4) is 0 Å². The van der Waals surface area contributed by atoms with Gasteiger partial charge in [0.25, 0.3) is 0 Å². The summed E-state index contributed by atoms with van der Waals surface area (Å²) in [5.74, 6) is 0. The topological polar surface area (TPSA) is 86.2 Å². The highest BCUT2D eigenvalue weighted by molar-refractivity contribution is 7.90. The number of halogens is 3. The number of hydrogen-bond donors (Lipinski definition) is 2. The molecule has 0 saturated carbocycles. The zero-order valence-electron chi connectivity index (χ0n) is 10.8. The average molecular weight is 318 g/mol. The van der Waals surface area contributed by atoms with E-state index in [2.05, 4.69) is 0 Å². The van der Waals surface area contributed by atoms with Crippen molar-refractivity contribution in [2.75, 3.05) is 0 Å². The maximum atomic E-state index is 13.1. The van der Waals surface area contributed by atoms with Gasteiger partial charge in [-0.25, -0.2) is 13.6 Å². The SMILES string of the molecule is NC1=CCC(c2ccccc2C(F)(F)F)(S(N)(=O)=O)C=C1. The van der Waals surface area contributed by atoms with Crippen LogP contribution in [0, 0.1) is 0 Å². The molecule has 1 aromatic rings. The Bertz CT molecular complexity index is 723. The molecule has 2 rings (SSSR count). The molecule has 0 saturated heterocycles. The molecular weight excluding hydrogens is 305 g/mol. The van der Waals surface area contributed by atoms with E-state index in [9.17, 15) is 21.6 Å². The number of benzene rings is 1. The lowest BCUT2D eigenvalue weighted by molar-refractivity contribution is -0.138. The molecule has 1 aliphatic rings. The zero-order valence-corrected chi connectivity index (χ0v) is 11.6. The van der Waals surface area contributed by atoms with Crippen molar-refractivity contribution in [2.24, 2.45) is 10.9 Å². The first kappa shape index (κ1) is 15.6. The Hall–Kier alpha value is -1.80. The first-order valence-electron chi connectivity index (χ1n) is 5.92. The average Bonchev–Trinajstić information content (AvgIpc) is 2.37. The van der Waals surface area contributed by atoms with Crippen LogP contribution in [0.1, 0.15) is 17.5 Å². The highest BCUT2D eigenvalue weighted by Gasteiger charge is 2.47. The third kappa shape index (κ3) is 2.68. The normalized spacial score (nSPS) is 23.0. The summed E-state index contributed by atoms with van der Waals surface area (Å²) >= 11 is 0. The van der Waals surface area contributed by atoms with E-state index in [1.54, 1.807) is 0 Å². The van der Waals surface area contributed by atoms with Crippen molar-refractivity contribution >= 4 is 10.0 Å². The number of sulfonamides is 1. The molecule has 4 nitrogen and oxygen atoms in total. The Kier molecular flexibility index (Phi) is 3.63. The molecule has 1 aromatic carbocycles. The van der Waals surface area contributed by atoms with E-state index in [1.165, 1.54) is 24.3 Å². The fraction of sp³-hybridized carbons (Fsp3) is 0.231. The van der Waals surface area contributed by atoms with Crippen LogP contribution in [0.4, 0.5) is 13.2 Å². The van der Waals surface area contributed by atoms with Crippen LogP contribution in [-0.2, 0) is 20.9 Å². The van der Waals surface area contributed by atoms with Crippen LogP contribution in [0.3, 0.4) is 0 Å². The fourth-order valence-electron chi connectivity index (χ4n) is 2.30. The van der Waals surface area contributed by atoms with Gasteiger partial charge in [-0.3, -0.25) is 0 Å². The molecule has 0 radical (unpaired) electrons. The van der Waals surface area contributed by atoms with E-state index in [-0.39, 0.29) is 12.1 Å². The van der Waals surface area contributed by atoms with Crippen molar-refractivity contribution in [3.05, 3.63) is 59.3 Å². The molecule has 21 heavy (non-hydrogen) atoms. The molecule has 0 bridgehead atoms. The van der Waals surface area contributed by atoms with E-state index in [4.69, 9.17) is 10.9 Å². The minimum absolute atomic E-state index is 0.249. The molecule has 0 aliphatic heterocycles. The summed E-state index contributed by atoms with van der Waals surface area (Å²) in [7, 11) is -4.33.